The zero-order valence-corrected chi connectivity index (χ0v) is 9.90. The highest BCUT2D eigenvalue weighted by Gasteiger charge is 2.16. The number of nitrogens with two attached hydrogens (primary N) is 1. The highest BCUT2D eigenvalue weighted by molar-refractivity contribution is 5.24. The molecule has 0 aliphatic rings. The van der Waals surface area contributed by atoms with Crippen LogP contribution in [0.3, 0.4) is 0 Å². The molecular weight excluding hydrogens is 192 g/mol. The van der Waals surface area contributed by atoms with E-state index < -0.39 is 0 Å². The minimum absolute atomic E-state index is 0.207. The van der Waals surface area contributed by atoms with Crippen molar-refractivity contribution in [2.45, 2.75) is 45.7 Å². The lowest BCUT2D eigenvalue weighted by molar-refractivity contribution is 0.447. The molecule has 0 aliphatic carbocycles. The number of aromatic nitrogens is 2. The molecule has 1 aromatic heterocycles. The van der Waals surface area contributed by atoms with E-state index in [1.165, 1.54) is 0 Å². The normalized spacial score (nSPS) is 15.0. The molecule has 86 valence electrons. The van der Waals surface area contributed by atoms with Crippen LogP contribution >= 0.6 is 0 Å². The van der Waals surface area contributed by atoms with E-state index in [1.807, 2.05) is 18.9 Å². The van der Waals surface area contributed by atoms with Gasteiger partial charge in [0.05, 0.1) is 6.04 Å². The molecule has 0 fully saturated rings. The first kappa shape index (κ1) is 12.0. The fourth-order valence-corrected chi connectivity index (χ4v) is 1.35. The zero-order valence-electron chi connectivity index (χ0n) is 9.90. The molecule has 15 heavy (non-hydrogen) atoms. The molecule has 1 aromatic rings. The van der Waals surface area contributed by atoms with E-state index >= 15 is 0 Å². The summed E-state index contributed by atoms with van der Waals surface area (Å²) >= 11 is 0. The first-order valence-corrected chi connectivity index (χ1v) is 5.38. The Kier molecular flexibility index (Phi) is 4.08. The van der Waals surface area contributed by atoms with Gasteiger partial charge in [-0.3, -0.25) is 0 Å². The average Bonchev–Trinajstić information content (AvgIpc) is 2.65. The summed E-state index contributed by atoms with van der Waals surface area (Å²) in [5, 5.41) is 7.87. The van der Waals surface area contributed by atoms with Gasteiger partial charge in [-0.25, -0.2) is 0 Å². The molecular formula is C10H20N4O. The van der Waals surface area contributed by atoms with Crippen molar-refractivity contribution in [3.8, 4) is 0 Å². The minimum Gasteiger partial charge on any atom is -0.406 e. The predicted octanol–water partition coefficient (Wildman–Crippen LogP) is 1.71. The Balaban J connectivity index is 2.69. The van der Waals surface area contributed by atoms with Crippen molar-refractivity contribution in [2.75, 3.05) is 11.9 Å². The Bertz CT molecular complexity index is 297. The van der Waals surface area contributed by atoms with Crippen LogP contribution in [0.2, 0.25) is 0 Å². The van der Waals surface area contributed by atoms with Crippen molar-refractivity contribution in [2.24, 2.45) is 5.73 Å². The van der Waals surface area contributed by atoms with Crippen LogP contribution in [0, 0.1) is 0 Å². The minimum atomic E-state index is -0.207. The molecule has 2 atom stereocenters. The van der Waals surface area contributed by atoms with Crippen LogP contribution in [0.5, 0.6) is 0 Å². The van der Waals surface area contributed by atoms with E-state index in [1.54, 1.807) is 0 Å². The highest BCUT2D eigenvalue weighted by atomic mass is 16.4. The average molecular weight is 212 g/mol. The van der Waals surface area contributed by atoms with Gasteiger partial charge in [0.15, 0.2) is 0 Å². The van der Waals surface area contributed by atoms with Crippen molar-refractivity contribution < 1.29 is 4.42 Å². The lowest BCUT2D eigenvalue weighted by Gasteiger charge is -2.21. The lowest BCUT2D eigenvalue weighted by atomic mass is 10.2. The Labute approximate surface area is 90.7 Å². The number of anilines is 1. The lowest BCUT2D eigenvalue weighted by Crippen LogP contribution is -2.28. The van der Waals surface area contributed by atoms with Gasteiger partial charge in [0, 0.05) is 13.1 Å². The molecule has 0 bridgehead atoms. The van der Waals surface area contributed by atoms with Gasteiger partial charge < -0.3 is 15.1 Å². The third-order valence-corrected chi connectivity index (χ3v) is 2.49. The molecule has 5 nitrogen and oxygen atoms in total. The maximum atomic E-state index is 5.65. The van der Waals surface area contributed by atoms with E-state index in [0.29, 0.717) is 17.9 Å². The molecule has 0 amide bonds. The maximum Gasteiger partial charge on any atom is 0.318 e. The monoisotopic (exact) mass is 212 g/mol. The second kappa shape index (κ2) is 5.11. The number of nitrogens with zero attached hydrogens (tertiary/aromatic N) is 3. The topological polar surface area (TPSA) is 68.2 Å². The van der Waals surface area contributed by atoms with Gasteiger partial charge in [-0.15, -0.1) is 5.10 Å². The van der Waals surface area contributed by atoms with Crippen LogP contribution < -0.4 is 10.6 Å². The van der Waals surface area contributed by atoms with Crippen LogP contribution in [0.25, 0.3) is 0 Å². The zero-order chi connectivity index (χ0) is 11.4. The van der Waals surface area contributed by atoms with Crippen molar-refractivity contribution in [1.29, 1.82) is 0 Å². The number of rotatable bonds is 5. The summed E-state index contributed by atoms with van der Waals surface area (Å²) in [6.07, 6.45) is 2.24. The third-order valence-electron chi connectivity index (χ3n) is 2.49. The van der Waals surface area contributed by atoms with Gasteiger partial charge in [0.2, 0.25) is 5.89 Å². The molecule has 0 aromatic carbocycles. The van der Waals surface area contributed by atoms with Crippen molar-refractivity contribution in [1.82, 2.24) is 10.2 Å². The summed E-state index contributed by atoms with van der Waals surface area (Å²) in [5.74, 6) is 0.487. The Morgan fingerprint density at radius 2 is 2.07 bits per heavy atom. The molecule has 0 radical (unpaired) electrons. The molecule has 1 heterocycles. The standard InChI is InChI=1S/C10H20N4O/c1-5-6-7(2)14(4)10-13-12-9(15-10)8(3)11/h7-8H,5-6,11H2,1-4H3. The first-order valence-electron chi connectivity index (χ1n) is 5.38. The SMILES string of the molecule is CCCC(C)N(C)c1nnc(C(C)N)o1. The summed E-state index contributed by atoms with van der Waals surface area (Å²) in [4.78, 5) is 1.99. The van der Waals surface area contributed by atoms with E-state index in [0.717, 1.165) is 12.8 Å². The fraction of sp³-hybridized carbons (Fsp3) is 0.800. The van der Waals surface area contributed by atoms with E-state index in [-0.39, 0.29) is 6.04 Å². The van der Waals surface area contributed by atoms with Gasteiger partial charge in [-0.2, -0.15) is 0 Å². The number of hydrogen-bond acceptors (Lipinski definition) is 5. The number of hydrogen-bond donors (Lipinski definition) is 1. The second-order valence-corrected chi connectivity index (χ2v) is 3.96. The Morgan fingerprint density at radius 3 is 2.53 bits per heavy atom. The molecule has 1 rings (SSSR count). The van der Waals surface area contributed by atoms with E-state index in [9.17, 15) is 0 Å². The van der Waals surface area contributed by atoms with Crippen molar-refractivity contribution in [3.05, 3.63) is 5.89 Å². The molecule has 0 saturated carbocycles. The van der Waals surface area contributed by atoms with Crippen LogP contribution in [-0.4, -0.2) is 23.3 Å². The maximum absolute atomic E-state index is 5.65. The smallest absolute Gasteiger partial charge is 0.318 e. The molecule has 0 saturated heterocycles. The molecule has 0 spiro atoms. The fourth-order valence-electron chi connectivity index (χ4n) is 1.35. The molecule has 2 unspecified atom stereocenters. The van der Waals surface area contributed by atoms with Crippen LogP contribution in [0.4, 0.5) is 6.01 Å². The van der Waals surface area contributed by atoms with Crippen molar-refractivity contribution >= 4 is 6.01 Å². The van der Waals surface area contributed by atoms with Gasteiger partial charge in [-0.1, -0.05) is 18.4 Å². The summed E-state index contributed by atoms with van der Waals surface area (Å²) in [6, 6.07) is 0.737. The van der Waals surface area contributed by atoms with Gasteiger partial charge in [-0.05, 0) is 20.3 Å². The molecule has 2 N–H and O–H groups in total. The van der Waals surface area contributed by atoms with Crippen LogP contribution in [0.15, 0.2) is 4.42 Å². The quantitative estimate of drug-likeness (QED) is 0.804. The summed E-state index contributed by atoms with van der Waals surface area (Å²) in [6.45, 7) is 6.12. The Morgan fingerprint density at radius 1 is 1.40 bits per heavy atom. The van der Waals surface area contributed by atoms with Gasteiger partial charge in [0.1, 0.15) is 0 Å². The predicted molar refractivity (Wildman–Crippen MR) is 59.7 cm³/mol. The highest BCUT2D eigenvalue weighted by Crippen LogP contribution is 2.17. The molecule has 0 aliphatic heterocycles. The summed E-state index contributed by atoms with van der Waals surface area (Å²) in [5.41, 5.74) is 5.65. The summed E-state index contributed by atoms with van der Waals surface area (Å²) < 4.78 is 5.45. The van der Waals surface area contributed by atoms with Gasteiger partial charge >= 0.3 is 6.01 Å². The van der Waals surface area contributed by atoms with Crippen LogP contribution in [0.1, 0.15) is 45.5 Å². The largest absolute Gasteiger partial charge is 0.406 e. The van der Waals surface area contributed by atoms with Gasteiger partial charge in [0.25, 0.3) is 0 Å². The van der Waals surface area contributed by atoms with E-state index in [4.69, 9.17) is 10.2 Å². The second-order valence-electron chi connectivity index (χ2n) is 3.96. The third kappa shape index (κ3) is 2.92. The molecule has 5 heteroatoms. The Hall–Kier alpha value is -1.10. The van der Waals surface area contributed by atoms with Crippen molar-refractivity contribution in [3.63, 3.8) is 0 Å². The first-order chi connectivity index (χ1) is 7.06. The van der Waals surface area contributed by atoms with E-state index in [2.05, 4.69) is 24.0 Å². The van der Waals surface area contributed by atoms with Crippen LogP contribution in [-0.2, 0) is 0 Å². The summed E-state index contributed by atoms with van der Waals surface area (Å²) in [7, 11) is 1.96.